The molecule has 0 aliphatic heterocycles. The number of hydrogen-bond acceptors (Lipinski definition) is 4. The van der Waals surface area contributed by atoms with E-state index in [2.05, 4.69) is 9.97 Å². The maximum atomic E-state index is 9.62. The van der Waals surface area contributed by atoms with Crippen LogP contribution in [-0.4, -0.2) is 20.2 Å². The van der Waals surface area contributed by atoms with Gasteiger partial charge in [0.25, 0.3) is 0 Å². The van der Waals surface area contributed by atoms with E-state index in [4.69, 9.17) is 0 Å². The molecule has 4 nitrogen and oxygen atoms in total. The van der Waals surface area contributed by atoms with Crippen LogP contribution in [0.1, 0.15) is 0 Å². The molecule has 0 fully saturated rings. The van der Waals surface area contributed by atoms with Crippen molar-refractivity contribution in [3.8, 4) is 22.8 Å². The second kappa shape index (κ2) is 4.70. The highest BCUT2D eigenvalue weighted by atomic mass is 16.3. The number of phenols is 2. The van der Waals surface area contributed by atoms with Gasteiger partial charge in [0.2, 0.25) is 0 Å². The topological polar surface area (TPSA) is 66.2 Å². The van der Waals surface area contributed by atoms with Gasteiger partial charge < -0.3 is 10.2 Å². The van der Waals surface area contributed by atoms with Crippen LogP contribution in [-0.2, 0) is 0 Å². The predicted octanol–water partition coefficient (Wildman–Crippen LogP) is 3.86. The summed E-state index contributed by atoms with van der Waals surface area (Å²) in [4.78, 5) is 9.06. The van der Waals surface area contributed by atoms with Crippen molar-refractivity contribution in [2.45, 2.75) is 0 Å². The number of benzene rings is 3. The van der Waals surface area contributed by atoms with E-state index in [0.29, 0.717) is 11.3 Å². The summed E-state index contributed by atoms with van der Waals surface area (Å²) in [5.41, 5.74) is 2.98. The summed E-state index contributed by atoms with van der Waals surface area (Å²) < 4.78 is 0. The summed E-state index contributed by atoms with van der Waals surface area (Å²) in [5, 5.41) is 21.2. The van der Waals surface area contributed by atoms with E-state index < -0.39 is 0 Å². The van der Waals surface area contributed by atoms with Crippen molar-refractivity contribution in [3.63, 3.8) is 0 Å². The van der Waals surface area contributed by atoms with E-state index >= 15 is 0 Å². The monoisotopic (exact) mass is 288 g/mol. The zero-order valence-electron chi connectivity index (χ0n) is 11.6. The lowest BCUT2D eigenvalue weighted by Crippen LogP contribution is -1.89. The largest absolute Gasteiger partial charge is 0.504 e. The van der Waals surface area contributed by atoms with Crippen molar-refractivity contribution in [2.24, 2.45) is 0 Å². The van der Waals surface area contributed by atoms with E-state index in [-0.39, 0.29) is 11.5 Å². The third-order valence-electron chi connectivity index (χ3n) is 3.68. The van der Waals surface area contributed by atoms with Gasteiger partial charge in [-0.15, -0.1) is 0 Å². The summed E-state index contributed by atoms with van der Waals surface area (Å²) in [6.07, 6.45) is 1.67. The molecule has 0 amide bonds. The van der Waals surface area contributed by atoms with Gasteiger partial charge in [0.1, 0.15) is 0 Å². The molecular weight excluding hydrogens is 276 g/mol. The Bertz CT molecular complexity index is 1010. The number of phenolic OH excluding ortho intramolecular Hbond substituents is 2. The minimum Gasteiger partial charge on any atom is -0.504 e. The fourth-order valence-electron chi connectivity index (χ4n) is 2.52. The Kier molecular flexibility index (Phi) is 2.69. The highest BCUT2D eigenvalue weighted by Gasteiger charge is 2.07. The summed E-state index contributed by atoms with van der Waals surface area (Å²) in [5.74, 6) is -0.318. The molecule has 0 spiro atoms. The van der Waals surface area contributed by atoms with Crippen LogP contribution < -0.4 is 0 Å². The molecule has 0 unspecified atom stereocenters. The molecule has 0 atom stereocenters. The second-order valence-corrected chi connectivity index (χ2v) is 5.15. The number of fused-ring (bicyclic) bond motifs is 2. The zero-order chi connectivity index (χ0) is 15.1. The maximum absolute atomic E-state index is 9.62. The van der Waals surface area contributed by atoms with Gasteiger partial charge in [-0.2, -0.15) is 0 Å². The van der Waals surface area contributed by atoms with Gasteiger partial charge in [0.15, 0.2) is 11.5 Å². The van der Waals surface area contributed by atoms with Crippen LogP contribution in [0.15, 0.2) is 60.8 Å². The van der Waals surface area contributed by atoms with Gasteiger partial charge in [-0.1, -0.05) is 24.3 Å². The normalized spacial score (nSPS) is 11.1. The zero-order valence-corrected chi connectivity index (χ0v) is 11.6. The third kappa shape index (κ3) is 2.02. The second-order valence-electron chi connectivity index (χ2n) is 5.15. The Labute approximate surface area is 126 Å². The van der Waals surface area contributed by atoms with Crippen LogP contribution in [0.4, 0.5) is 0 Å². The molecule has 0 aliphatic carbocycles. The Hall–Kier alpha value is -3.14. The molecule has 4 rings (SSSR count). The van der Waals surface area contributed by atoms with E-state index in [0.717, 1.165) is 21.8 Å². The van der Waals surface area contributed by atoms with Gasteiger partial charge in [-0.05, 0) is 41.1 Å². The lowest BCUT2D eigenvalue weighted by molar-refractivity contribution is 0.404. The lowest BCUT2D eigenvalue weighted by atomic mass is 10.1. The average Bonchev–Trinajstić information content (AvgIpc) is 2.55. The third-order valence-corrected chi connectivity index (χ3v) is 3.68. The molecule has 1 heterocycles. The van der Waals surface area contributed by atoms with Crippen LogP contribution in [0.25, 0.3) is 33.1 Å². The van der Waals surface area contributed by atoms with Crippen LogP contribution in [0.5, 0.6) is 11.5 Å². The first kappa shape index (κ1) is 12.6. The molecule has 1 aromatic heterocycles. The summed E-state index contributed by atoms with van der Waals surface area (Å²) in [6, 6.07) is 16.7. The van der Waals surface area contributed by atoms with Crippen LogP contribution in [0.3, 0.4) is 0 Å². The number of nitrogens with zero attached hydrogens (tertiary/aromatic N) is 2. The van der Waals surface area contributed by atoms with Crippen LogP contribution in [0.2, 0.25) is 0 Å². The van der Waals surface area contributed by atoms with Crippen molar-refractivity contribution < 1.29 is 10.2 Å². The van der Waals surface area contributed by atoms with Crippen molar-refractivity contribution in [1.29, 1.82) is 0 Å². The molecule has 22 heavy (non-hydrogen) atoms. The first-order chi connectivity index (χ1) is 10.7. The number of aromatic nitrogens is 2. The van der Waals surface area contributed by atoms with E-state index in [9.17, 15) is 10.2 Å². The molecule has 0 radical (unpaired) electrons. The molecular formula is C18H12N2O2. The molecule has 0 aliphatic rings. The fraction of sp³-hybridized carbons (Fsp3) is 0. The highest BCUT2D eigenvalue weighted by molar-refractivity contribution is 5.95. The fourth-order valence-corrected chi connectivity index (χ4v) is 2.52. The minimum absolute atomic E-state index is 0.150. The van der Waals surface area contributed by atoms with Gasteiger partial charge in [0, 0.05) is 5.56 Å². The van der Waals surface area contributed by atoms with E-state index in [1.165, 1.54) is 12.1 Å². The van der Waals surface area contributed by atoms with Crippen molar-refractivity contribution in [3.05, 3.63) is 60.8 Å². The number of hydrogen-bond donors (Lipinski definition) is 2. The lowest BCUT2D eigenvalue weighted by Gasteiger charge is -2.05. The predicted molar refractivity (Wildman–Crippen MR) is 85.8 cm³/mol. The molecule has 3 aromatic carbocycles. The smallest absolute Gasteiger partial charge is 0.158 e. The van der Waals surface area contributed by atoms with E-state index in [1.807, 2.05) is 36.4 Å². The quantitative estimate of drug-likeness (QED) is 0.412. The number of rotatable bonds is 1. The molecule has 0 saturated heterocycles. The molecule has 4 aromatic rings. The summed E-state index contributed by atoms with van der Waals surface area (Å²) in [6.45, 7) is 0. The molecule has 106 valence electrons. The highest BCUT2D eigenvalue weighted by Crippen LogP contribution is 2.30. The molecule has 2 N–H and O–H groups in total. The molecule has 0 bridgehead atoms. The number of aromatic hydroxyl groups is 2. The van der Waals surface area contributed by atoms with Gasteiger partial charge in [0.05, 0.1) is 22.9 Å². The first-order valence-electron chi connectivity index (χ1n) is 6.88. The van der Waals surface area contributed by atoms with E-state index in [1.54, 1.807) is 12.3 Å². The summed E-state index contributed by atoms with van der Waals surface area (Å²) in [7, 11) is 0. The molecule has 4 heteroatoms. The Morgan fingerprint density at radius 3 is 2.18 bits per heavy atom. The Morgan fingerprint density at radius 1 is 0.727 bits per heavy atom. The standard InChI is InChI=1S/C18H12N2O2/c21-17-6-5-13(9-18(17)22)16-10-19-14-7-11-3-1-2-4-12(11)8-15(14)20-16/h1-10,21-22H. The van der Waals surface area contributed by atoms with Crippen LogP contribution >= 0.6 is 0 Å². The first-order valence-corrected chi connectivity index (χ1v) is 6.88. The maximum Gasteiger partial charge on any atom is 0.158 e. The van der Waals surface area contributed by atoms with Gasteiger partial charge in [-0.3, -0.25) is 4.98 Å². The Balaban J connectivity index is 1.92. The van der Waals surface area contributed by atoms with Crippen molar-refractivity contribution >= 4 is 21.8 Å². The average molecular weight is 288 g/mol. The van der Waals surface area contributed by atoms with Crippen molar-refractivity contribution in [2.75, 3.05) is 0 Å². The van der Waals surface area contributed by atoms with Gasteiger partial charge in [-0.25, -0.2) is 4.98 Å². The van der Waals surface area contributed by atoms with Crippen molar-refractivity contribution in [1.82, 2.24) is 9.97 Å². The Morgan fingerprint density at radius 2 is 1.45 bits per heavy atom. The molecule has 0 saturated carbocycles. The summed E-state index contributed by atoms with van der Waals surface area (Å²) >= 11 is 0. The minimum atomic E-state index is -0.169. The van der Waals surface area contributed by atoms with Crippen LogP contribution in [0, 0.1) is 0 Å². The SMILES string of the molecule is Oc1ccc(-c2cnc3cc4ccccc4cc3n2)cc1O. The van der Waals surface area contributed by atoms with Gasteiger partial charge >= 0.3 is 0 Å².